The monoisotopic (exact) mass is 251 g/mol. The maximum Gasteiger partial charge on any atom is 0.218 e. The van der Waals surface area contributed by atoms with Crippen LogP contribution in [0.4, 0.5) is 5.69 Å². The van der Waals surface area contributed by atoms with E-state index in [1.807, 2.05) is 13.8 Å². The van der Waals surface area contributed by atoms with E-state index >= 15 is 0 Å². The molecule has 2 heterocycles. The van der Waals surface area contributed by atoms with Gasteiger partial charge < -0.3 is 4.74 Å². The quantitative estimate of drug-likeness (QED) is 0.350. The van der Waals surface area contributed by atoms with Crippen LogP contribution < -0.4 is 0 Å². The lowest BCUT2D eigenvalue weighted by Gasteiger charge is -2.07. The summed E-state index contributed by atoms with van der Waals surface area (Å²) in [7, 11) is 0. The highest BCUT2D eigenvalue weighted by Crippen LogP contribution is 2.27. The lowest BCUT2D eigenvalue weighted by molar-refractivity contribution is 0.279. The molecular formula is C10H10ClN5O. The van der Waals surface area contributed by atoms with E-state index in [0.29, 0.717) is 23.8 Å². The molecule has 0 amide bonds. The molecule has 0 N–H and O–H groups in total. The number of pyridine rings is 1. The smallest absolute Gasteiger partial charge is 0.218 e. The van der Waals surface area contributed by atoms with Gasteiger partial charge in [-0.15, -0.1) is 0 Å². The van der Waals surface area contributed by atoms with Crippen molar-refractivity contribution in [2.75, 3.05) is 6.61 Å². The fourth-order valence-electron chi connectivity index (χ4n) is 1.44. The molecule has 1 aliphatic heterocycles. The molecule has 1 aromatic rings. The van der Waals surface area contributed by atoms with Crippen LogP contribution >= 0.6 is 11.6 Å². The van der Waals surface area contributed by atoms with Crippen molar-refractivity contribution >= 4 is 23.2 Å². The van der Waals surface area contributed by atoms with Crippen molar-refractivity contribution in [3.8, 4) is 0 Å². The third-order valence-electron chi connectivity index (χ3n) is 2.20. The highest BCUT2D eigenvalue weighted by atomic mass is 35.5. The number of rotatable bonds is 2. The van der Waals surface area contributed by atoms with Crippen LogP contribution in [0.3, 0.4) is 0 Å². The summed E-state index contributed by atoms with van der Waals surface area (Å²) in [4.78, 5) is 11.1. The van der Waals surface area contributed by atoms with Gasteiger partial charge in [0.05, 0.1) is 16.8 Å². The number of halogens is 1. The molecule has 0 radical (unpaired) electrons. The molecule has 0 fully saturated rings. The van der Waals surface area contributed by atoms with E-state index in [0.717, 1.165) is 0 Å². The standard InChI is InChI=1S/C10H10ClN5O/c1-10(2)5-17-9(14-10)6-4-13-8(11)3-7(6)15-16-12/h3-4H,5H2,1-2H3. The minimum atomic E-state index is -0.275. The molecule has 1 aromatic heterocycles. The van der Waals surface area contributed by atoms with Gasteiger partial charge >= 0.3 is 0 Å². The molecule has 2 rings (SSSR count). The van der Waals surface area contributed by atoms with Crippen LogP contribution in [0.25, 0.3) is 10.4 Å². The van der Waals surface area contributed by atoms with Gasteiger partial charge in [0.15, 0.2) is 0 Å². The zero-order chi connectivity index (χ0) is 12.5. The first-order valence-electron chi connectivity index (χ1n) is 4.95. The van der Waals surface area contributed by atoms with Gasteiger partial charge in [-0.2, -0.15) is 0 Å². The molecule has 88 valence electrons. The fourth-order valence-corrected chi connectivity index (χ4v) is 1.59. The lowest BCUT2D eigenvalue weighted by atomic mass is 10.1. The second-order valence-corrected chi connectivity index (χ2v) is 4.62. The maximum atomic E-state index is 8.49. The SMILES string of the molecule is CC1(C)COC(c2cnc(Cl)cc2N=[N+]=[N-])=N1. The van der Waals surface area contributed by atoms with E-state index in [2.05, 4.69) is 20.0 Å². The number of nitrogens with zero attached hydrogens (tertiary/aromatic N) is 5. The summed E-state index contributed by atoms with van der Waals surface area (Å²) in [6, 6.07) is 1.48. The largest absolute Gasteiger partial charge is 0.475 e. The second kappa shape index (κ2) is 4.24. The van der Waals surface area contributed by atoms with Crippen LogP contribution in [0, 0.1) is 0 Å². The van der Waals surface area contributed by atoms with Gasteiger partial charge in [0, 0.05) is 11.1 Å². The highest BCUT2D eigenvalue weighted by molar-refractivity contribution is 6.29. The first-order valence-corrected chi connectivity index (χ1v) is 5.33. The maximum absolute atomic E-state index is 8.49. The van der Waals surface area contributed by atoms with Gasteiger partial charge in [0.25, 0.3) is 0 Å². The number of hydrogen-bond acceptors (Lipinski definition) is 4. The molecule has 0 unspecified atom stereocenters. The molecule has 0 saturated carbocycles. The summed E-state index contributed by atoms with van der Waals surface area (Å²) in [6.07, 6.45) is 1.49. The Morgan fingerprint density at radius 3 is 2.94 bits per heavy atom. The predicted molar refractivity (Wildman–Crippen MR) is 64.6 cm³/mol. The Morgan fingerprint density at radius 2 is 2.35 bits per heavy atom. The molecular weight excluding hydrogens is 242 g/mol. The van der Waals surface area contributed by atoms with Gasteiger partial charge in [-0.25, -0.2) is 9.98 Å². The Hall–Kier alpha value is -1.78. The normalized spacial score (nSPS) is 17.0. The van der Waals surface area contributed by atoms with E-state index in [1.165, 1.54) is 12.3 Å². The van der Waals surface area contributed by atoms with Crippen LogP contribution in [0.15, 0.2) is 22.4 Å². The second-order valence-electron chi connectivity index (χ2n) is 4.23. The number of aliphatic imine (C=N–C) groups is 1. The number of ether oxygens (including phenoxy) is 1. The molecule has 0 bridgehead atoms. The summed E-state index contributed by atoms with van der Waals surface area (Å²) in [5, 5.41) is 3.81. The first-order chi connectivity index (χ1) is 8.02. The zero-order valence-corrected chi connectivity index (χ0v) is 10.1. The summed E-state index contributed by atoms with van der Waals surface area (Å²) >= 11 is 5.74. The van der Waals surface area contributed by atoms with Crippen LogP contribution in [0.5, 0.6) is 0 Å². The Bertz CT molecular complexity index is 533. The Labute approximate surface area is 103 Å². The average Bonchev–Trinajstić information content (AvgIpc) is 2.59. The first kappa shape index (κ1) is 11.7. The topological polar surface area (TPSA) is 83.2 Å². The Kier molecular flexibility index (Phi) is 2.92. The van der Waals surface area contributed by atoms with E-state index in [1.54, 1.807) is 0 Å². The van der Waals surface area contributed by atoms with Crippen molar-refractivity contribution < 1.29 is 4.74 Å². The average molecular weight is 252 g/mol. The van der Waals surface area contributed by atoms with E-state index < -0.39 is 0 Å². The van der Waals surface area contributed by atoms with Crippen LogP contribution in [0.1, 0.15) is 19.4 Å². The van der Waals surface area contributed by atoms with Gasteiger partial charge in [0.1, 0.15) is 11.8 Å². The highest BCUT2D eigenvalue weighted by Gasteiger charge is 2.28. The molecule has 1 aliphatic rings. The molecule has 17 heavy (non-hydrogen) atoms. The van der Waals surface area contributed by atoms with Crippen molar-refractivity contribution in [1.29, 1.82) is 0 Å². The van der Waals surface area contributed by atoms with E-state index in [-0.39, 0.29) is 10.7 Å². The van der Waals surface area contributed by atoms with Crippen molar-refractivity contribution in [2.45, 2.75) is 19.4 Å². The summed E-state index contributed by atoms with van der Waals surface area (Å²) in [6.45, 7) is 4.40. The van der Waals surface area contributed by atoms with E-state index in [9.17, 15) is 0 Å². The van der Waals surface area contributed by atoms with Crippen molar-refractivity contribution in [3.63, 3.8) is 0 Å². The third kappa shape index (κ3) is 2.49. The van der Waals surface area contributed by atoms with Crippen LogP contribution in [0.2, 0.25) is 5.15 Å². The van der Waals surface area contributed by atoms with Gasteiger partial charge in [-0.3, -0.25) is 0 Å². The summed E-state index contributed by atoms with van der Waals surface area (Å²) < 4.78 is 5.46. The number of aromatic nitrogens is 1. The van der Waals surface area contributed by atoms with Crippen molar-refractivity contribution in [1.82, 2.24) is 4.98 Å². The minimum Gasteiger partial charge on any atom is -0.475 e. The Morgan fingerprint density at radius 1 is 1.59 bits per heavy atom. The summed E-state index contributed by atoms with van der Waals surface area (Å²) in [5.41, 5.74) is 9.14. The number of hydrogen-bond donors (Lipinski definition) is 0. The van der Waals surface area contributed by atoms with Crippen molar-refractivity contribution in [2.24, 2.45) is 10.1 Å². The van der Waals surface area contributed by atoms with E-state index in [4.69, 9.17) is 21.9 Å². The Balaban J connectivity index is 2.49. The minimum absolute atomic E-state index is 0.258. The summed E-state index contributed by atoms with van der Waals surface area (Å²) in [5.74, 6) is 0.432. The van der Waals surface area contributed by atoms with Gasteiger partial charge in [0.2, 0.25) is 5.90 Å². The lowest BCUT2D eigenvalue weighted by Crippen LogP contribution is -2.17. The molecule has 0 atom stereocenters. The van der Waals surface area contributed by atoms with Crippen LogP contribution in [-0.4, -0.2) is 23.0 Å². The molecule has 7 heteroatoms. The van der Waals surface area contributed by atoms with Crippen molar-refractivity contribution in [3.05, 3.63) is 33.4 Å². The molecule has 0 aliphatic carbocycles. The molecule has 0 spiro atoms. The third-order valence-corrected chi connectivity index (χ3v) is 2.40. The zero-order valence-electron chi connectivity index (χ0n) is 9.38. The molecule has 6 nitrogen and oxygen atoms in total. The van der Waals surface area contributed by atoms with Crippen LogP contribution in [-0.2, 0) is 4.74 Å². The molecule has 0 aromatic carbocycles. The number of azide groups is 1. The predicted octanol–water partition coefficient (Wildman–Crippen LogP) is 3.23. The van der Waals surface area contributed by atoms with Gasteiger partial charge in [-0.1, -0.05) is 16.7 Å². The fraction of sp³-hybridized carbons (Fsp3) is 0.400. The molecule has 0 saturated heterocycles. The van der Waals surface area contributed by atoms with Gasteiger partial charge in [-0.05, 0) is 25.4 Å².